The summed E-state index contributed by atoms with van der Waals surface area (Å²) in [6.07, 6.45) is -0.144. The Morgan fingerprint density at radius 2 is 1.95 bits per heavy atom. The number of hydrogen-bond acceptors (Lipinski definition) is 3. The fraction of sp³-hybridized carbons (Fsp3) is 0.429. The van der Waals surface area contributed by atoms with E-state index in [1.807, 2.05) is 24.3 Å². The molecule has 0 saturated carbocycles. The third kappa shape index (κ3) is 5.17. The molecule has 0 saturated heterocycles. The second-order valence-electron chi connectivity index (χ2n) is 5.07. The van der Waals surface area contributed by atoms with Crippen LogP contribution in [-0.2, 0) is 11.3 Å². The Morgan fingerprint density at radius 1 is 1.30 bits per heavy atom. The van der Waals surface area contributed by atoms with E-state index in [0.717, 1.165) is 5.56 Å². The summed E-state index contributed by atoms with van der Waals surface area (Å²) in [6, 6.07) is 6.94. The fourth-order valence-electron chi connectivity index (χ4n) is 1.80. The molecule has 20 heavy (non-hydrogen) atoms. The molecule has 0 aliphatic rings. The molecule has 110 valence electrons. The monoisotopic (exact) mass is 280 g/mol. The molecule has 0 heterocycles. The summed E-state index contributed by atoms with van der Waals surface area (Å²) in [5.41, 5.74) is 0.0395. The maximum Gasteiger partial charge on any atom is 0.315 e. The van der Waals surface area contributed by atoms with Crippen LogP contribution >= 0.6 is 0 Å². The van der Waals surface area contributed by atoms with Crippen molar-refractivity contribution in [3.63, 3.8) is 0 Å². The minimum absolute atomic E-state index is 0.144. The number of aliphatic carboxylic acids is 1. The standard InChI is InChI=1S/C14H20N2O4/c1-14(2,8-12(17)18)16-13(19)15-9-10-6-4-5-7-11(10)20-3/h4-7H,8-9H2,1-3H3,(H,17,18)(H2,15,16,19). The van der Waals surface area contributed by atoms with Gasteiger partial charge >= 0.3 is 12.0 Å². The lowest BCUT2D eigenvalue weighted by Gasteiger charge is -2.24. The number of benzene rings is 1. The van der Waals surface area contributed by atoms with Crippen LogP contribution < -0.4 is 15.4 Å². The molecule has 1 rings (SSSR count). The first-order chi connectivity index (χ1) is 9.34. The number of rotatable bonds is 6. The Balaban J connectivity index is 2.53. The molecule has 0 spiro atoms. The Labute approximate surface area is 118 Å². The number of ether oxygens (including phenoxy) is 1. The molecule has 0 radical (unpaired) electrons. The van der Waals surface area contributed by atoms with Crippen LogP contribution in [0.4, 0.5) is 4.79 Å². The number of nitrogens with one attached hydrogen (secondary N) is 2. The summed E-state index contributed by atoms with van der Waals surface area (Å²) < 4.78 is 5.18. The number of amides is 2. The van der Waals surface area contributed by atoms with Crippen LogP contribution in [0.2, 0.25) is 0 Å². The maximum absolute atomic E-state index is 11.8. The summed E-state index contributed by atoms with van der Waals surface area (Å²) in [4.78, 5) is 22.4. The molecule has 1 aromatic rings. The van der Waals surface area contributed by atoms with E-state index in [0.29, 0.717) is 12.3 Å². The summed E-state index contributed by atoms with van der Waals surface area (Å²) in [5, 5.41) is 14.1. The minimum Gasteiger partial charge on any atom is -0.496 e. The Morgan fingerprint density at radius 3 is 2.55 bits per heavy atom. The van der Waals surface area contributed by atoms with E-state index in [-0.39, 0.29) is 6.42 Å². The van der Waals surface area contributed by atoms with E-state index < -0.39 is 17.5 Å². The highest BCUT2D eigenvalue weighted by atomic mass is 16.5. The zero-order valence-corrected chi connectivity index (χ0v) is 11.9. The first-order valence-electron chi connectivity index (χ1n) is 6.24. The number of para-hydroxylation sites is 1. The lowest BCUT2D eigenvalue weighted by molar-refractivity contribution is -0.138. The lowest BCUT2D eigenvalue weighted by Crippen LogP contribution is -2.49. The summed E-state index contributed by atoms with van der Waals surface area (Å²) >= 11 is 0. The summed E-state index contributed by atoms with van der Waals surface area (Å²) in [7, 11) is 1.56. The van der Waals surface area contributed by atoms with E-state index in [2.05, 4.69) is 10.6 Å². The van der Waals surface area contributed by atoms with Crippen LogP contribution in [-0.4, -0.2) is 29.8 Å². The number of carboxylic acids is 1. The molecule has 0 unspecified atom stereocenters. The number of hydrogen-bond donors (Lipinski definition) is 3. The number of carbonyl (C=O) groups excluding carboxylic acids is 1. The van der Waals surface area contributed by atoms with Gasteiger partial charge in [0.15, 0.2) is 0 Å². The second kappa shape index (κ2) is 6.79. The molecule has 0 fully saturated rings. The molecule has 6 heteroatoms. The average molecular weight is 280 g/mol. The highest BCUT2D eigenvalue weighted by Crippen LogP contribution is 2.16. The average Bonchev–Trinajstić information content (AvgIpc) is 2.34. The van der Waals surface area contributed by atoms with Gasteiger partial charge in [0.25, 0.3) is 0 Å². The van der Waals surface area contributed by atoms with Crippen LogP contribution in [0.15, 0.2) is 24.3 Å². The number of methoxy groups -OCH3 is 1. The van der Waals surface area contributed by atoms with Crippen molar-refractivity contribution in [1.82, 2.24) is 10.6 Å². The Kier molecular flexibility index (Phi) is 5.37. The second-order valence-corrected chi connectivity index (χ2v) is 5.07. The van der Waals surface area contributed by atoms with Gasteiger partial charge in [-0.2, -0.15) is 0 Å². The van der Waals surface area contributed by atoms with Crippen LogP contribution in [0.3, 0.4) is 0 Å². The quantitative estimate of drug-likeness (QED) is 0.740. The first-order valence-corrected chi connectivity index (χ1v) is 6.24. The van der Waals surface area contributed by atoms with Gasteiger partial charge in [0.2, 0.25) is 0 Å². The van der Waals surface area contributed by atoms with Crippen molar-refractivity contribution in [1.29, 1.82) is 0 Å². The molecule has 3 N–H and O–H groups in total. The van der Waals surface area contributed by atoms with Gasteiger partial charge in [-0.3, -0.25) is 4.79 Å². The van der Waals surface area contributed by atoms with Crippen molar-refractivity contribution >= 4 is 12.0 Å². The van der Waals surface area contributed by atoms with Crippen LogP contribution in [0, 0.1) is 0 Å². The predicted octanol–water partition coefficient (Wildman–Crippen LogP) is 1.75. The molecule has 0 aromatic heterocycles. The molecule has 1 aromatic carbocycles. The topological polar surface area (TPSA) is 87.7 Å². The van der Waals surface area contributed by atoms with Gasteiger partial charge in [-0.15, -0.1) is 0 Å². The minimum atomic E-state index is -0.958. The van der Waals surface area contributed by atoms with E-state index >= 15 is 0 Å². The predicted molar refractivity (Wildman–Crippen MR) is 74.7 cm³/mol. The van der Waals surface area contributed by atoms with Crippen molar-refractivity contribution in [2.45, 2.75) is 32.4 Å². The van der Waals surface area contributed by atoms with Crippen molar-refractivity contribution in [2.75, 3.05) is 7.11 Å². The number of urea groups is 1. The Bertz CT molecular complexity index is 486. The smallest absolute Gasteiger partial charge is 0.315 e. The SMILES string of the molecule is COc1ccccc1CNC(=O)NC(C)(C)CC(=O)O. The van der Waals surface area contributed by atoms with E-state index in [1.165, 1.54) is 0 Å². The first kappa shape index (κ1) is 15.8. The van der Waals surface area contributed by atoms with Gasteiger partial charge in [-0.05, 0) is 19.9 Å². The Hall–Kier alpha value is -2.24. The molecule has 0 bridgehead atoms. The van der Waals surface area contributed by atoms with Crippen LogP contribution in [0.1, 0.15) is 25.8 Å². The maximum atomic E-state index is 11.8. The molecule has 6 nitrogen and oxygen atoms in total. The van der Waals surface area contributed by atoms with Gasteiger partial charge in [0.1, 0.15) is 5.75 Å². The van der Waals surface area contributed by atoms with E-state index in [1.54, 1.807) is 21.0 Å². The van der Waals surface area contributed by atoms with E-state index in [9.17, 15) is 9.59 Å². The van der Waals surface area contributed by atoms with Gasteiger partial charge in [0, 0.05) is 17.6 Å². The molecule has 0 aliphatic heterocycles. The van der Waals surface area contributed by atoms with Gasteiger partial charge in [-0.1, -0.05) is 18.2 Å². The van der Waals surface area contributed by atoms with Crippen molar-refractivity contribution in [2.24, 2.45) is 0 Å². The highest BCUT2D eigenvalue weighted by molar-refractivity contribution is 5.76. The zero-order chi connectivity index (χ0) is 15.2. The molecule has 2 amide bonds. The van der Waals surface area contributed by atoms with Crippen LogP contribution in [0.25, 0.3) is 0 Å². The summed E-state index contributed by atoms with van der Waals surface area (Å²) in [6.45, 7) is 3.62. The number of carboxylic acid groups (broad SMARTS) is 1. The van der Waals surface area contributed by atoms with Crippen molar-refractivity contribution in [3.05, 3.63) is 29.8 Å². The molecule has 0 atom stereocenters. The van der Waals surface area contributed by atoms with Gasteiger partial charge in [-0.25, -0.2) is 4.79 Å². The molecular weight excluding hydrogens is 260 g/mol. The third-order valence-corrected chi connectivity index (χ3v) is 2.68. The van der Waals surface area contributed by atoms with Crippen molar-refractivity contribution < 1.29 is 19.4 Å². The number of carbonyl (C=O) groups is 2. The van der Waals surface area contributed by atoms with Gasteiger partial charge < -0.3 is 20.5 Å². The summed E-state index contributed by atoms with van der Waals surface area (Å²) in [5.74, 6) is -0.266. The molecule has 0 aliphatic carbocycles. The van der Waals surface area contributed by atoms with E-state index in [4.69, 9.17) is 9.84 Å². The molecular formula is C14H20N2O4. The highest BCUT2D eigenvalue weighted by Gasteiger charge is 2.23. The van der Waals surface area contributed by atoms with Crippen LogP contribution in [0.5, 0.6) is 5.75 Å². The zero-order valence-electron chi connectivity index (χ0n) is 11.9. The lowest BCUT2D eigenvalue weighted by atomic mass is 10.0. The normalized spacial score (nSPS) is 10.8. The largest absolute Gasteiger partial charge is 0.496 e. The third-order valence-electron chi connectivity index (χ3n) is 2.68. The van der Waals surface area contributed by atoms with Crippen molar-refractivity contribution in [3.8, 4) is 5.75 Å². The fourth-order valence-corrected chi connectivity index (χ4v) is 1.80. The van der Waals surface area contributed by atoms with Gasteiger partial charge in [0.05, 0.1) is 13.5 Å².